The van der Waals surface area contributed by atoms with Gasteiger partial charge in [-0.3, -0.25) is 14.5 Å². The number of carbonyl (C=O) groups is 2. The largest absolute Gasteiger partial charge is 0.507 e. The monoisotopic (exact) mass is 527 g/mol. The molecule has 1 amide bonds. The Morgan fingerprint density at radius 3 is 2.36 bits per heavy atom. The van der Waals surface area contributed by atoms with Crippen LogP contribution in [0.2, 0.25) is 10.0 Å². The Bertz CT molecular complexity index is 1370. The number of aliphatic hydroxyl groups excluding tert-OH is 1. The Morgan fingerprint density at radius 1 is 0.944 bits per heavy atom. The highest BCUT2D eigenvalue weighted by atomic mass is 35.5. The summed E-state index contributed by atoms with van der Waals surface area (Å²) >= 11 is 12.3. The summed E-state index contributed by atoms with van der Waals surface area (Å²) < 4.78 is 16.4. The lowest BCUT2D eigenvalue weighted by Crippen LogP contribution is -2.29. The predicted molar refractivity (Wildman–Crippen MR) is 138 cm³/mol. The van der Waals surface area contributed by atoms with E-state index in [0.29, 0.717) is 45.2 Å². The summed E-state index contributed by atoms with van der Waals surface area (Å²) in [7, 11) is 2.96. The summed E-state index contributed by atoms with van der Waals surface area (Å²) in [4.78, 5) is 28.0. The van der Waals surface area contributed by atoms with E-state index in [-0.39, 0.29) is 16.9 Å². The SMILES string of the molecule is CCOc1cc(C2/C(=C(/O)c3ccc(Cl)c(OC)c3)C(=O)C(=O)N2c2cccc(Cl)c2)ccc1OC. The molecule has 0 saturated carbocycles. The lowest BCUT2D eigenvalue weighted by molar-refractivity contribution is -0.132. The van der Waals surface area contributed by atoms with Crippen molar-refractivity contribution in [1.29, 1.82) is 0 Å². The molecule has 0 aliphatic carbocycles. The van der Waals surface area contributed by atoms with Gasteiger partial charge in [-0.25, -0.2) is 0 Å². The Hall–Kier alpha value is -3.68. The molecular formula is C27H23Cl2NO6. The molecule has 36 heavy (non-hydrogen) atoms. The average molecular weight is 528 g/mol. The molecule has 0 bridgehead atoms. The summed E-state index contributed by atoms with van der Waals surface area (Å²) in [5.74, 6) is -0.792. The van der Waals surface area contributed by atoms with Gasteiger partial charge in [0, 0.05) is 16.3 Å². The van der Waals surface area contributed by atoms with Crippen molar-refractivity contribution >= 4 is 46.3 Å². The van der Waals surface area contributed by atoms with Crippen LogP contribution >= 0.6 is 23.2 Å². The van der Waals surface area contributed by atoms with Gasteiger partial charge in [-0.15, -0.1) is 0 Å². The number of rotatable bonds is 7. The standard InChI is InChI=1S/C27H23Cl2NO6/c1-4-36-22-12-15(9-11-20(22)34-2)24-23(25(31)16-8-10-19(29)21(13-16)35-3)26(32)27(33)30(24)18-7-5-6-17(28)14-18/h5-14,24,31H,4H2,1-3H3/b25-23-. The van der Waals surface area contributed by atoms with Crippen LogP contribution in [0.15, 0.2) is 66.2 Å². The van der Waals surface area contributed by atoms with Crippen molar-refractivity contribution < 1.29 is 28.9 Å². The number of Topliss-reactive ketones (excluding diaryl/α,β-unsaturated/α-hetero) is 1. The zero-order valence-corrected chi connectivity index (χ0v) is 21.3. The molecule has 0 spiro atoms. The second-order valence-electron chi connectivity index (χ2n) is 7.84. The molecule has 3 aromatic rings. The van der Waals surface area contributed by atoms with Gasteiger partial charge >= 0.3 is 0 Å². The average Bonchev–Trinajstić information content (AvgIpc) is 3.14. The fourth-order valence-corrected chi connectivity index (χ4v) is 4.51. The zero-order valence-electron chi connectivity index (χ0n) is 19.7. The van der Waals surface area contributed by atoms with Gasteiger partial charge in [0.2, 0.25) is 0 Å². The van der Waals surface area contributed by atoms with Crippen LogP contribution in [0.5, 0.6) is 17.2 Å². The van der Waals surface area contributed by atoms with Crippen LogP contribution in [0.25, 0.3) is 5.76 Å². The van der Waals surface area contributed by atoms with Crippen molar-refractivity contribution in [3.8, 4) is 17.2 Å². The van der Waals surface area contributed by atoms with Crippen molar-refractivity contribution in [2.45, 2.75) is 13.0 Å². The topological polar surface area (TPSA) is 85.3 Å². The van der Waals surface area contributed by atoms with Crippen LogP contribution in [-0.2, 0) is 9.59 Å². The molecule has 0 aromatic heterocycles. The number of carbonyl (C=O) groups excluding carboxylic acids is 2. The summed E-state index contributed by atoms with van der Waals surface area (Å²) in [5.41, 5.74) is 1.10. The van der Waals surface area contributed by atoms with Gasteiger partial charge in [-0.1, -0.05) is 35.3 Å². The van der Waals surface area contributed by atoms with Crippen molar-refractivity contribution in [2.24, 2.45) is 0 Å². The highest BCUT2D eigenvalue weighted by Crippen LogP contribution is 2.45. The van der Waals surface area contributed by atoms with Crippen LogP contribution in [0.3, 0.4) is 0 Å². The minimum absolute atomic E-state index is 0.100. The fourth-order valence-electron chi connectivity index (χ4n) is 4.13. The highest BCUT2D eigenvalue weighted by Gasteiger charge is 2.47. The third-order valence-corrected chi connectivity index (χ3v) is 6.31. The first-order valence-corrected chi connectivity index (χ1v) is 11.8. The van der Waals surface area contributed by atoms with Crippen LogP contribution in [0.4, 0.5) is 5.69 Å². The first-order chi connectivity index (χ1) is 17.3. The molecule has 3 aromatic carbocycles. The van der Waals surface area contributed by atoms with E-state index in [9.17, 15) is 14.7 Å². The summed E-state index contributed by atoms with van der Waals surface area (Å²) in [6.07, 6.45) is 0. The highest BCUT2D eigenvalue weighted by molar-refractivity contribution is 6.51. The Morgan fingerprint density at radius 2 is 1.69 bits per heavy atom. The van der Waals surface area contributed by atoms with Crippen LogP contribution in [0.1, 0.15) is 24.1 Å². The Balaban J connectivity index is 1.98. The fraction of sp³-hybridized carbons (Fsp3) is 0.185. The minimum Gasteiger partial charge on any atom is -0.507 e. The molecule has 1 saturated heterocycles. The molecule has 4 rings (SSSR count). The quantitative estimate of drug-likeness (QED) is 0.229. The van der Waals surface area contributed by atoms with Crippen LogP contribution in [0, 0.1) is 0 Å². The number of hydrogen-bond donors (Lipinski definition) is 1. The molecule has 1 aliphatic heterocycles. The van der Waals surface area contributed by atoms with Gasteiger partial charge in [-0.2, -0.15) is 0 Å². The number of halogens is 2. The Kier molecular flexibility index (Phi) is 7.43. The molecule has 186 valence electrons. The number of ketones is 1. The van der Waals surface area contributed by atoms with Crippen molar-refractivity contribution in [3.05, 3.63) is 87.4 Å². The molecular weight excluding hydrogens is 505 g/mol. The summed E-state index contributed by atoms with van der Waals surface area (Å²) in [6, 6.07) is 15.3. The lowest BCUT2D eigenvalue weighted by Gasteiger charge is -2.26. The Labute approximate surface area is 218 Å². The predicted octanol–water partition coefficient (Wildman–Crippen LogP) is 6.04. The third kappa shape index (κ3) is 4.59. The number of nitrogens with zero attached hydrogens (tertiary/aromatic N) is 1. The van der Waals surface area contributed by atoms with Crippen LogP contribution in [-0.4, -0.2) is 37.6 Å². The van der Waals surface area contributed by atoms with Gasteiger partial charge in [-0.05, 0) is 61.0 Å². The first kappa shape index (κ1) is 25.4. The van der Waals surface area contributed by atoms with Gasteiger partial charge in [0.05, 0.1) is 37.5 Å². The smallest absolute Gasteiger partial charge is 0.300 e. The molecule has 1 heterocycles. The number of methoxy groups -OCH3 is 2. The van der Waals surface area contributed by atoms with Crippen LogP contribution < -0.4 is 19.1 Å². The van der Waals surface area contributed by atoms with E-state index in [0.717, 1.165) is 0 Å². The van der Waals surface area contributed by atoms with E-state index in [1.807, 2.05) is 6.92 Å². The summed E-state index contributed by atoms with van der Waals surface area (Å²) in [5, 5.41) is 12.1. The lowest BCUT2D eigenvalue weighted by atomic mass is 9.94. The maximum absolute atomic E-state index is 13.4. The number of benzene rings is 3. The number of amides is 1. The van der Waals surface area contributed by atoms with Gasteiger partial charge in [0.15, 0.2) is 11.5 Å². The maximum atomic E-state index is 13.4. The second-order valence-corrected chi connectivity index (χ2v) is 8.69. The van der Waals surface area contributed by atoms with Crippen molar-refractivity contribution in [1.82, 2.24) is 0 Å². The molecule has 1 unspecified atom stereocenters. The molecule has 9 heteroatoms. The number of aliphatic hydroxyl groups is 1. The molecule has 1 N–H and O–H groups in total. The number of anilines is 1. The van der Waals surface area contributed by atoms with E-state index in [1.54, 1.807) is 48.5 Å². The van der Waals surface area contributed by atoms with Gasteiger partial charge in [0.1, 0.15) is 11.5 Å². The van der Waals surface area contributed by atoms with E-state index < -0.39 is 17.7 Å². The van der Waals surface area contributed by atoms with Crippen molar-refractivity contribution in [3.63, 3.8) is 0 Å². The van der Waals surface area contributed by atoms with Gasteiger partial charge in [0.25, 0.3) is 11.7 Å². The number of ether oxygens (including phenoxy) is 3. The summed E-state index contributed by atoms with van der Waals surface area (Å²) in [6.45, 7) is 2.21. The molecule has 0 radical (unpaired) electrons. The van der Waals surface area contributed by atoms with E-state index >= 15 is 0 Å². The molecule has 1 aliphatic rings. The minimum atomic E-state index is -0.977. The maximum Gasteiger partial charge on any atom is 0.300 e. The van der Waals surface area contributed by atoms with Gasteiger partial charge < -0.3 is 19.3 Å². The molecule has 1 fully saturated rings. The van der Waals surface area contributed by atoms with E-state index in [1.165, 1.54) is 31.3 Å². The normalized spacial score (nSPS) is 16.8. The first-order valence-electron chi connectivity index (χ1n) is 11.0. The molecule has 1 atom stereocenters. The number of hydrogen-bond acceptors (Lipinski definition) is 6. The molecule has 7 nitrogen and oxygen atoms in total. The zero-order chi connectivity index (χ0) is 26.0. The second kappa shape index (κ2) is 10.5. The van der Waals surface area contributed by atoms with E-state index in [2.05, 4.69) is 0 Å². The van der Waals surface area contributed by atoms with Crippen molar-refractivity contribution in [2.75, 3.05) is 25.7 Å². The third-order valence-electron chi connectivity index (χ3n) is 5.76. The van der Waals surface area contributed by atoms with E-state index in [4.69, 9.17) is 37.4 Å².